The van der Waals surface area contributed by atoms with Crippen LogP contribution >= 0.6 is 11.8 Å². The van der Waals surface area contributed by atoms with E-state index >= 15 is 0 Å². The maximum atomic E-state index is 11.9. The SMILES string of the molecule is N[C@@H](C(=O)NCC1CCSCC1)c1ccccc1. The number of carbonyl (C=O) groups is 1. The molecule has 4 heteroatoms. The number of benzene rings is 1. The van der Waals surface area contributed by atoms with Crippen LogP contribution in [0.2, 0.25) is 0 Å². The predicted octanol–water partition coefficient (Wildman–Crippen LogP) is 1.95. The Kier molecular flexibility index (Phi) is 5.08. The second-order valence-electron chi connectivity index (χ2n) is 4.69. The van der Waals surface area contributed by atoms with E-state index in [0.717, 1.165) is 12.1 Å². The Morgan fingerprint density at radius 3 is 2.67 bits per heavy atom. The summed E-state index contributed by atoms with van der Waals surface area (Å²) in [6.45, 7) is 0.764. The predicted molar refractivity (Wildman–Crippen MR) is 76.4 cm³/mol. The molecule has 1 amide bonds. The molecule has 18 heavy (non-hydrogen) atoms. The van der Waals surface area contributed by atoms with Crippen molar-refractivity contribution in [3.63, 3.8) is 0 Å². The van der Waals surface area contributed by atoms with Crippen molar-refractivity contribution in [2.24, 2.45) is 11.7 Å². The second-order valence-corrected chi connectivity index (χ2v) is 5.91. The van der Waals surface area contributed by atoms with E-state index in [2.05, 4.69) is 5.32 Å². The van der Waals surface area contributed by atoms with Gasteiger partial charge in [0.1, 0.15) is 6.04 Å². The van der Waals surface area contributed by atoms with Crippen LogP contribution in [0, 0.1) is 5.92 Å². The van der Waals surface area contributed by atoms with Gasteiger partial charge in [0.15, 0.2) is 0 Å². The Balaban J connectivity index is 1.80. The summed E-state index contributed by atoms with van der Waals surface area (Å²) in [7, 11) is 0. The molecular weight excluding hydrogens is 244 g/mol. The fraction of sp³-hybridized carbons (Fsp3) is 0.500. The van der Waals surface area contributed by atoms with Crippen molar-refractivity contribution in [1.29, 1.82) is 0 Å². The number of rotatable bonds is 4. The van der Waals surface area contributed by atoms with Gasteiger partial charge in [-0.05, 0) is 35.8 Å². The molecule has 0 aromatic heterocycles. The van der Waals surface area contributed by atoms with Crippen LogP contribution in [0.25, 0.3) is 0 Å². The Morgan fingerprint density at radius 2 is 2.00 bits per heavy atom. The van der Waals surface area contributed by atoms with Crippen molar-refractivity contribution in [3.8, 4) is 0 Å². The van der Waals surface area contributed by atoms with Crippen molar-refractivity contribution >= 4 is 17.7 Å². The molecule has 0 spiro atoms. The van der Waals surface area contributed by atoms with Gasteiger partial charge in [-0.3, -0.25) is 4.79 Å². The molecule has 2 rings (SSSR count). The van der Waals surface area contributed by atoms with Crippen molar-refractivity contribution in [2.75, 3.05) is 18.1 Å². The lowest BCUT2D eigenvalue weighted by Gasteiger charge is -2.22. The highest BCUT2D eigenvalue weighted by Crippen LogP contribution is 2.22. The van der Waals surface area contributed by atoms with Gasteiger partial charge in [-0.15, -0.1) is 0 Å². The third-order valence-electron chi connectivity index (χ3n) is 3.35. The van der Waals surface area contributed by atoms with Gasteiger partial charge in [0.25, 0.3) is 0 Å². The number of hydrogen-bond acceptors (Lipinski definition) is 3. The average molecular weight is 264 g/mol. The Bertz CT molecular complexity index is 377. The molecule has 1 fully saturated rings. The van der Waals surface area contributed by atoms with Crippen molar-refractivity contribution < 1.29 is 4.79 Å². The lowest BCUT2D eigenvalue weighted by Crippen LogP contribution is -2.37. The number of amides is 1. The van der Waals surface area contributed by atoms with Crippen LogP contribution in [0.4, 0.5) is 0 Å². The summed E-state index contributed by atoms with van der Waals surface area (Å²) in [4.78, 5) is 11.9. The first-order valence-corrected chi connectivity index (χ1v) is 7.59. The van der Waals surface area contributed by atoms with E-state index in [1.807, 2.05) is 42.1 Å². The summed E-state index contributed by atoms with van der Waals surface area (Å²) >= 11 is 2.00. The number of carbonyl (C=O) groups excluding carboxylic acids is 1. The molecule has 3 nitrogen and oxygen atoms in total. The Labute approximate surface area is 113 Å². The lowest BCUT2D eigenvalue weighted by atomic mass is 10.0. The zero-order chi connectivity index (χ0) is 12.8. The molecule has 1 saturated heterocycles. The van der Waals surface area contributed by atoms with Crippen LogP contribution in [0.5, 0.6) is 0 Å². The molecule has 98 valence electrons. The fourth-order valence-electron chi connectivity index (χ4n) is 2.12. The van der Waals surface area contributed by atoms with E-state index in [9.17, 15) is 4.79 Å². The summed E-state index contributed by atoms with van der Waals surface area (Å²) < 4.78 is 0. The highest BCUT2D eigenvalue weighted by Gasteiger charge is 2.18. The van der Waals surface area contributed by atoms with Gasteiger partial charge in [-0.2, -0.15) is 11.8 Å². The first-order valence-electron chi connectivity index (χ1n) is 6.43. The molecule has 1 aromatic rings. The van der Waals surface area contributed by atoms with E-state index in [4.69, 9.17) is 5.73 Å². The molecule has 0 aliphatic carbocycles. The molecule has 1 heterocycles. The van der Waals surface area contributed by atoms with E-state index in [0.29, 0.717) is 5.92 Å². The number of nitrogens with two attached hydrogens (primary N) is 1. The summed E-state index contributed by atoms with van der Waals surface area (Å²) in [6.07, 6.45) is 2.40. The van der Waals surface area contributed by atoms with Gasteiger partial charge in [-0.1, -0.05) is 30.3 Å². The fourth-order valence-corrected chi connectivity index (χ4v) is 3.32. The standard InChI is InChI=1S/C14H20N2OS/c15-13(12-4-2-1-3-5-12)14(17)16-10-11-6-8-18-9-7-11/h1-5,11,13H,6-10,15H2,(H,16,17)/t13-/m1/s1. The average Bonchev–Trinajstić information content (AvgIpc) is 2.46. The molecule has 1 aromatic carbocycles. The normalized spacial score (nSPS) is 18.3. The maximum Gasteiger partial charge on any atom is 0.241 e. The summed E-state index contributed by atoms with van der Waals surface area (Å²) in [6, 6.07) is 8.96. The van der Waals surface area contributed by atoms with Gasteiger partial charge in [0, 0.05) is 6.54 Å². The Morgan fingerprint density at radius 1 is 1.33 bits per heavy atom. The Hall–Kier alpha value is -1.00. The molecule has 1 aliphatic heterocycles. The molecule has 3 N–H and O–H groups in total. The zero-order valence-electron chi connectivity index (χ0n) is 10.5. The van der Waals surface area contributed by atoms with Gasteiger partial charge in [-0.25, -0.2) is 0 Å². The smallest absolute Gasteiger partial charge is 0.241 e. The number of nitrogens with one attached hydrogen (secondary N) is 1. The molecule has 0 saturated carbocycles. The third kappa shape index (κ3) is 3.75. The van der Waals surface area contributed by atoms with E-state index in [-0.39, 0.29) is 5.91 Å². The molecule has 0 bridgehead atoms. The van der Waals surface area contributed by atoms with Crippen LogP contribution in [-0.4, -0.2) is 24.0 Å². The van der Waals surface area contributed by atoms with Gasteiger partial charge in [0.2, 0.25) is 5.91 Å². The first-order chi connectivity index (χ1) is 8.77. The number of hydrogen-bond donors (Lipinski definition) is 2. The summed E-state index contributed by atoms with van der Waals surface area (Å²) in [5.74, 6) is 2.98. The number of thioether (sulfide) groups is 1. The topological polar surface area (TPSA) is 55.1 Å². The monoisotopic (exact) mass is 264 g/mol. The molecular formula is C14H20N2OS. The van der Waals surface area contributed by atoms with Crippen molar-refractivity contribution in [2.45, 2.75) is 18.9 Å². The van der Waals surface area contributed by atoms with Crippen molar-refractivity contribution in [3.05, 3.63) is 35.9 Å². The van der Waals surface area contributed by atoms with Gasteiger partial charge >= 0.3 is 0 Å². The molecule has 1 atom stereocenters. The first kappa shape index (κ1) is 13.4. The van der Waals surface area contributed by atoms with E-state index < -0.39 is 6.04 Å². The highest BCUT2D eigenvalue weighted by molar-refractivity contribution is 7.99. The summed E-state index contributed by atoms with van der Waals surface area (Å²) in [5, 5.41) is 2.98. The minimum Gasteiger partial charge on any atom is -0.354 e. The summed E-state index contributed by atoms with van der Waals surface area (Å²) in [5.41, 5.74) is 6.81. The molecule has 0 unspecified atom stereocenters. The quantitative estimate of drug-likeness (QED) is 0.874. The van der Waals surface area contributed by atoms with Gasteiger partial charge in [0.05, 0.1) is 0 Å². The maximum absolute atomic E-state index is 11.9. The third-order valence-corrected chi connectivity index (χ3v) is 4.40. The van der Waals surface area contributed by atoms with Gasteiger partial charge < -0.3 is 11.1 Å². The van der Waals surface area contributed by atoms with E-state index in [1.165, 1.54) is 24.3 Å². The second kappa shape index (κ2) is 6.81. The van der Waals surface area contributed by atoms with Crippen LogP contribution < -0.4 is 11.1 Å². The van der Waals surface area contributed by atoms with Crippen LogP contribution in [0.1, 0.15) is 24.4 Å². The van der Waals surface area contributed by atoms with Crippen LogP contribution in [0.3, 0.4) is 0 Å². The largest absolute Gasteiger partial charge is 0.354 e. The minimum absolute atomic E-state index is 0.0700. The molecule has 1 aliphatic rings. The zero-order valence-corrected chi connectivity index (χ0v) is 11.3. The minimum atomic E-state index is -0.552. The lowest BCUT2D eigenvalue weighted by molar-refractivity contribution is -0.122. The van der Waals surface area contributed by atoms with Crippen LogP contribution in [0.15, 0.2) is 30.3 Å². The highest BCUT2D eigenvalue weighted by atomic mass is 32.2. The van der Waals surface area contributed by atoms with Crippen molar-refractivity contribution in [1.82, 2.24) is 5.32 Å². The van der Waals surface area contributed by atoms with Crippen LogP contribution in [-0.2, 0) is 4.79 Å². The molecule has 0 radical (unpaired) electrons. The van der Waals surface area contributed by atoms with E-state index in [1.54, 1.807) is 0 Å².